The Labute approximate surface area is 129 Å². The molecule has 6 nitrogen and oxygen atoms in total. The SMILES string of the molecule is Cc1nc2nc(C)c3c(=O)n(-c4cccc(F)c4)ccc3n2n1. The third-order valence-corrected chi connectivity index (χ3v) is 3.71. The molecule has 0 aliphatic carbocycles. The lowest BCUT2D eigenvalue weighted by Crippen LogP contribution is -2.20. The molecule has 0 fully saturated rings. The zero-order valence-electron chi connectivity index (χ0n) is 12.5. The van der Waals surface area contributed by atoms with E-state index in [1.807, 2.05) is 0 Å². The van der Waals surface area contributed by atoms with Gasteiger partial charge in [0.2, 0.25) is 0 Å². The van der Waals surface area contributed by atoms with Crippen LogP contribution in [0.5, 0.6) is 0 Å². The molecule has 0 bridgehead atoms. The van der Waals surface area contributed by atoms with Gasteiger partial charge in [-0.3, -0.25) is 9.36 Å². The maximum absolute atomic E-state index is 13.4. The standard InChI is InChI=1S/C16H12FN5O/c1-9-14-13(22-16(18-9)19-10(2)20-22)6-7-21(15(14)23)12-5-3-4-11(17)8-12/h3-8H,1-2H3. The number of aromatic nitrogens is 5. The molecule has 3 heterocycles. The van der Waals surface area contributed by atoms with Crippen LogP contribution in [0.1, 0.15) is 11.5 Å². The molecule has 114 valence electrons. The van der Waals surface area contributed by atoms with Gasteiger partial charge in [0.25, 0.3) is 11.3 Å². The van der Waals surface area contributed by atoms with Gasteiger partial charge in [0, 0.05) is 6.20 Å². The van der Waals surface area contributed by atoms with Gasteiger partial charge in [0.1, 0.15) is 11.6 Å². The van der Waals surface area contributed by atoms with Crippen molar-refractivity contribution in [1.29, 1.82) is 0 Å². The van der Waals surface area contributed by atoms with Crippen LogP contribution in [-0.2, 0) is 0 Å². The zero-order valence-corrected chi connectivity index (χ0v) is 12.5. The Morgan fingerprint density at radius 2 is 1.96 bits per heavy atom. The zero-order chi connectivity index (χ0) is 16.1. The first-order valence-electron chi connectivity index (χ1n) is 7.06. The van der Waals surface area contributed by atoms with Gasteiger partial charge in [0.15, 0.2) is 0 Å². The maximum Gasteiger partial charge on any atom is 0.266 e. The van der Waals surface area contributed by atoms with Gasteiger partial charge in [-0.2, -0.15) is 9.50 Å². The second kappa shape index (κ2) is 4.70. The van der Waals surface area contributed by atoms with Crippen molar-refractivity contribution in [2.75, 3.05) is 0 Å². The van der Waals surface area contributed by atoms with Crippen LogP contribution in [-0.4, -0.2) is 24.1 Å². The summed E-state index contributed by atoms with van der Waals surface area (Å²) in [6.45, 7) is 3.52. The van der Waals surface area contributed by atoms with E-state index in [4.69, 9.17) is 0 Å². The van der Waals surface area contributed by atoms with E-state index in [9.17, 15) is 9.18 Å². The number of hydrogen-bond acceptors (Lipinski definition) is 4. The second-order valence-corrected chi connectivity index (χ2v) is 5.30. The van der Waals surface area contributed by atoms with E-state index in [2.05, 4.69) is 15.1 Å². The summed E-state index contributed by atoms with van der Waals surface area (Å²) in [5.74, 6) is 0.640. The summed E-state index contributed by atoms with van der Waals surface area (Å²) in [6, 6.07) is 7.66. The predicted molar refractivity (Wildman–Crippen MR) is 83.3 cm³/mol. The van der Waals surface area contributed by atoms with Crippen molar-refractivity contribution in [3.05, 3.63) is 64.2 Å². The highest BCUT2D eigenvalue weighted by Crippen LogP contribution is 2.16. The normalized spacial score (nSPS) is 11.4. The lowest BCUT2D eigenvalue weighted by Gasteiger charge is -2.09. The van der Waals surface area contributed by atoms with E-state index in [-0.39, 0.29) is 5.56 Å². The minimum atomic E-state index is -0.397. The van der Waals surface area contributed by atoms with Crippen LogP contribution in [0, 0.1) is 19.7 Å². The average molecular weight is 309 g/mol. The molecular weight excluding hydrogens is 297 g/mol. The van der Waals surface area contributed by atoms with Gasteiger partial charge in [-0.25, -0.2) is 9.37 Å². The minimum Gasteiger partial charge on any atom is -0.284 e. The monoisotopic (exact) mass is 309 g/mol. The maximum atomic E-state index is 13.4. The van der Waals surface area contributed by atoms with Crippen LogP contribution in [0.15, 0.2) is 41.3 Å². The first-order valence-corrected chi connectivity index (χ1v) is 7.06. The molecule has 4 rings (SSSR count). The number of benzene rings is 1. The molecule has 3 aromatic heterocycles. The van der Waals surface area contributed by atoms with Gasteiger partial charge >= 0.3 is 0 Å². The third-order valence-electron chi connectivity index (χ3n) is 3.71. The molecule has 0 amide bonds. The Hall–Kier alpha value is -3.09. The van der Waals surface area contributed by atoms with Gasteiger partial charge in [-0.15, -0.1) is 5.10 Å². The van der Waals surface area contributed by atoms with Crippen molar-refractivity contribution in [2.45, 2.75) is 13.8 Å². The topological polar surface area (TPSA) is 65.1 Å². The molecule has 23 heavy (non-hydrogen) atoms. The molecule has 0 unspecified atom stereocenters. The summed E-state index contributed by atoms with van der Waals surface area (Å²) in [5, 5.41) is 4.71. The summed E-state index contributed by atoms with van der Waals surface area (Å²) in [5.41, 5.74) is 1.39. The van der Waals surface area contributed by atoms with Crippen molar-refractivity contribution in [2.24, 2.45) is 0 Å². The van der Waals surface area contributed by atoms with Crippen LogP contribution in [0.3, 0.4) is 0 Å². The van der Waals surface area contributed by atoms with Crippen molar-refractivity contribution in [3.63, 3.8) is 0 Å². The van der Waals surface area contributed by atoms with E-state index in [0.717, 1.165) is 0 Å². The molecule has 0 spiro atoms. The molecule has 0 aliphatic heterocycles. The van der Waals surface area contributed by atoms with Crippen molar-refractivity contribution < 1.29 is 4.39 Å². The number of halogens is 1. The smallest absolute Gasteiger partial charge is 0.266 e. The summed E-state index contributed by atoms with van der Waals surface area (Å²) < 4.78 is 16.4. The van der Waals surface area contributed by atoms with Gasteiger partial charge in [0.05, 0.1) is 22.3 Å². The number of hydrogen-bond donors (Lipinski definition) is 0. The molecule has 4 aromatic rings. The Bertz CT molecular complexity index is 1130. The van der Waals surface area contributed by atoms with E-state index in [0.29, 0.717) is 33.9 Å². The summed E-state index contributed by atoms with van der Waals surface area (Å²) >= 11 is 0. The number of aryl methyl sites for hydroxylation is 2. The van der Waals surface area contributed by atoms with E-state index < -0.39 is 5.82 Å². The van der Waals surface area contributed by atoms with Crippen LogP contribution >= 0.6 is 0 Å². The van der Waals surface area contributed by atoms with Gasteiger partial charge in [-0.1, -0.05) is 6.07 Å². The number of rotatable bonds is 1. The summed E-state index contributed by atoms with van der Waals surface area (Å²) in [7, 11) is 0. The molecular formula is C16H12FN5O. The fourth-order valence-corrected chi connectivity index (χ4v) is 2.72. The molecule has 0 radical (unpaired) electrons. The highest BCUT2D eigenvalue weighted by molar-refractivity contribution is 5.82. The van der Waals surface area contributed by atoms with Gasteiger partial charge in [-0.05, 0) is 38.1 Å². The van der Waals surface area contributed by atoms with E-state index in [1.165, 1.54) is 16.7 Å². The summed E-state index contributed by atoms with van der Waals surface area (Å²) in [4.78, 5) is 21.4. The van der Waals surface area contributed by atoms with Gasteiger partial charge < -0.3 is 0 Å². The summed E-state index contributed by atoms with van der Waals surface area (Å²) in [6.07, 6.45) is 1.61. The largest absolute Gasteiger partial charge is 0.284 e. The van der Waals surface area contributed by atoms with Crippen molar-refractivity contribution in [1.82, 2.24) is 24.1 Å². The fraction of sp³-hybridized carbons (Fsp3) is 0.125. The van der Waals surface area contributed by atoms with E-state index >= 15 is 0 Å². The van der Waals surface area contributed by atoms with Crippen LogP contribution in [0.4, 0.5) is 4.39 Å². The molecule has 1 aromatic carbocycles. The Balaban J connectivity index is 2.11. The highest BCUT2D eigenvalue weighted by atomic mass is 19.1. The molecule has 0 atom stereocenters. The Kier molecular flexibility index (Phi) is 2.77. The molecule has 0 saturated heterocycles. The lowest BCUT2D eigenvalue weighted by atomic mass is 10.2. The minimum absolute atomic E-state index is 0.270. The molecule has 0 aliphatic rings. The predicted octanol–water partition coefficient (Wildman–Crippen LogP) is 2.18. The highest BCUT2D eigenvalue weighted by Gasteiger charge is 2.14. The number of nitrogens with zero attached hydrogens (tertiary/aromatic N) is 5. The molecule has 0 N–H and O–H groups in total. The number of fused-ring (bicyclic) bond motifs is 3. The van der Waals surface area contributed by atoms with Crippen LogP contribution in [0.2, 0.25) is 0 Å². The lowest BCUT2D eigenvalue weighted by molar-refractivity contribution is 0.626. The average Bonchev–Trinajstić information content (AvgIpc) is 2.87. The second-order valence-electron chi connectivity index (χ2n) is 5.30. The Morgan fingerprint density at radius 1 is 1.13 bits per heavy atom. The first-order chi connectivity index (χ1) is 11.0. The molecule has 7 heteroatoms. The van der Waals surface area contributed by atoms with E-state index in [1.54, 1.807) is 42.8 Å². The van der Waals surface area contributed by atoms with Crippen molar-refractivity contribution in [3.8, 4) is 5.69 Å². The quantitative estimate of drug-likeness (QED) is 0.540. The van der Waals surface area contributed by atoms with Crippen LogP contribution in [0.25, 0.3) is 22.4 Å². The Morgan fingerprint density at radius 3 is 2.74 bits per heavy atom. The number of pyridine rings is 1. The van der Waals surface area contributed by atoms with Crippen LogP contribution < -0.4 is 5.56 Å². The molecule has 0 saturated carbocycles. The third kappa shape index (κ3) is 2.01. The van der Waals surface area contributed by atoms with Crippen molar-refractivity contribution >= 4 is 16.7 Å². The fourth-order valence-electron chi connectivity index (χ4n) is 2.72. The first kappa shape index (κ1) is 13.6.